The number of hydrazine groups is 1. The second-order valence-corrected chi connectivity index (χ2v) is 4.93. The predicted octanol–water partition coefficient (Wildman–Crippen LogP) is 3.70. The summed E-state index contributed by atoms with van der Waals surface area (Å²) < 4.78 is 0. The zero-order valence-electron chi connectivity index (χ0n) is 12.0. The Bertz CT molecular complexity index is 876. The van der Waals surface area contributed by atoms with Crippen molar-refractivity contribution >= 4 is 28.1 Å². The number of amides is 1. The first-order valence-corrected chi connectivity index (χ1v) is 6.89. The number of hydrogen-bond acceptors (Lipinski definition) is 5. The Hall–Kier alpha value is -3.41. The Morgan fingerprint density at radius 3 is 2.26 bits per heavy atom. The van der Waals surface area contributed by atoms with Crippen LogP contribution in [0, 0.1) is 4.91 Å². The van der Waals surface area contributed by atoms with E-state index in [4.69, 9.17) is 0 Å². The first kappa shape index (κ1) is 14.5. The van der Waals surface area contributed by atoms with E-state index in [9.17, 15) is 14.8 Å². The molecule has 0 radical (unpaired) electrons. The van der Waals surface area contributed by atoms with Crippen LogP contribution in [0.25, 0.3) is 10.8 Å². The monoisotopic (exact) mass is 307 g/mol. The molecule has 3 rings (SSSR count). The molecule has 3 aromatic rings. The van der Waals surface area contributed by atoms with Gasteiger partial charge in [-0.3, -0.25) is 15.6 Å². The van der Waals surface area contributed by atoms with Crippen molar-refractivity contribution in [2.24, 2.45) is 5.18 Å². The number of carbonyl (C=O) groups excluding carboxylic acids is 1. The number of aromatic hydroxyl groups is 1. The highest BCUT2D eigenvalue weighted by Gasteiger charge is 2.12. The molecule has 0 fully saturated rings. The summed E-state index contributed by atoms with van der Waals surface area (Å²) >= 11 is 0. The minimum absolute atomic E-state index is 0.0940. The molecule has 0 bridgehead atoms. The van der Waals surface area contributed by atoms with Crippen LogP contribution in [-0.2, 0) is 0 Å². The number of benzene rings is 3. The lowest BCUT2D eigenvalue weighted by Gasteiger charge is -2.10. The van der Waals surface area contributed by atoms with Crippen molar-refractivity contribution in [3.8, 4) is 5.75 Å². The maximum atomic E-state index is 12.2. The Morgan fingerprint density at radius 2 is 1.61 bits per heavy atom. The number of phenols is 1. The van der Waals surface area contributed by atoms with Crippen molar-refractivity contribution in [1.29, 1.82) is 0 Å². The fraction of sp³-hybridized carbons (Fsp3) is 0. The average Bonchev–Trinajstić information content (AvgIpc) is 2.59. The molecule has 0 unspecified atom stereocenters. The lowest BCUT2D eigenvalue weighted by molar-refractivity contribution is 0.0960. The molecule has 0 aliphatic rings. The third kappa shape index (κ3) is 3.11. The van der Waals surface area contributed by atoms with E-state index in [2.05, 4.69) is 16.0 Å². The number of hydrogen-bond donors (Lipinski definition) is 3. The van der Waals surface area contributed by atoms with Gasteiger partial charge in [-0.1, -0.05) is 24.3 Å². The van der Waals surface area contributed by atoms with Crippen molar-refractivity contribution in [3.05, 3.63) is 71.1 Å². The van der Waals surface area contributed by atoms with Crippen molar-refractivity contribution in [1.82, 2.24) is 5.43 Å². The average molecular weight is 307 g/mol. The fourth-order valence-electron chi connectivity index (χ4n) is 2.21. The van der Waals surface area contributed by atoms with E-state index in [1.807, 2.05) is 24.3 Å². The van der Waals surface area contributed by atoms with Crippen LogP contribution in [0.15, 0.2) is 65.8 Å². The summed E-state index contributed by atoms with van der Waals surface area (Å²) in [5.74, 6) is -0.561. The Morgan fingerprint density at radius 1 is 0.957 bits per heavy atom. The van der Waals surface area contributed by atoms with E-state index < -0.39 is 5.91 Å². The number of carbonyl (C=O) groups is 1. The molecule has 0 aliphatic carbocycles. The van der Waals surface area contributed by atoms with Crippen LogP contribution in [0.1, 0.15) is 10.4 Å². The molecule has 0 atom stereocenters. The van der Waals surface area contributed by atoms with Gasteiger partial charge in [-0.05, 0) is 52.3 Å². The van der Waals surface area contributed by atoms with Gasteiger partial charge in [0.1, 0.15) is 11.4 Å². The quantitative estimate of drug-likeness (QED) is 0.506. The van der Waals surface area contributed by atoms with Gasteiger partial charge in [-0.15, -0.1) is 4.91 Å². The molecular formula is C17H13N3O3. The van der Waals surface area contributed by atoms with Gasteiger partial charge in [0.15, 0.2) is 0 Å². The molecule has 0 aliphatic heterocycles. The van der Waals surface area contributed by atoms with Crippen molar-refractivity contribution in [2.75, 3.05) is 5.43 Å². The number of nitroso groups, excluding NO2 is 1. The van der Waals surface area contributed by atoms with Crippen molar-refractivity contribution in [2.45, 2.75) is 0 Å². The normalized spacial score (nSPS) is 10.3. The molecule has 114 valence electrons. The predicted molar refractivity (Wildman–Crippen MR) is 88.6 cm³/mol. The minimum Gasteiger partial charge on any atom is -0.507 e. The summed E-state index contributed by atoms with van der Waals surface area (Å²) in [6, 6.07) is 16.9. The van der Waals surface area contributed by atoms with Gasteiger partial charge in [0.25, 0.3) is 5.91 Å². The van der Waals surface area contributed by atoms with Gasteiger partial charge in [-0.2, -0.15) is 0 Å². The Labute approximate surface area is 131 Å². The third-order valence-corrected chi connectivity index (χ3v) is 3.40. The van der Waals surface area contributed by atoms with Crippen LogP contribution in [0.5, 0.6) is 5.75 Å². The molecule has 0 saturated heterocycles. The summed E-state index contributed by atoms with van der Waals surface area (Å²) in [5.41, 5.74) is 6.27. The Balaban J connectivity index is 1.77. The number of nitrogens with zero attached hydrogens (tertiary/aromatic N) is 1. The zero-order chi connectivity index (χ0) is 16.2. The second kappa shape index (κ2) is 6.15. The lowest BCUT2D eigenvalue weighted by atomic mass is 10.1. The summed E-state index contributed by atoms with van der Waals surface area (Å²) in [6.07, 6.45) is 0. The van der Waals surface area contributed by atoms with Crippen LogP contribution < -0.4 is 10.9 Å². The largest absolute Gasteiger partial charge is 0.507 e. The van der Waals surface area contributed by atoms with Crippen LogP contribution in [0.2, 0.25) is 0 Å². The number of rotatable bonds is 4. The van der Waals surface area contributed by atoms with Gasteiger partial charge in [0, 0.05) is 0 Å². The van der Waals surface area contributed by atoms with E-state index in [0.29, 0.717) is 11.4 Å². The molecular weight excluding hydrogens is 294 g/mol. The SMILES string of the molecule is O=Nc1ccc(NNC(=O)c2cc3ccccc3cc2O)cc1. The maximum absolute atomic E-state index is 12.2. The van der Waals surface area contributed by atoms with E-state index in [1.54, 1.807) is 24.3 Å². The topological polar surface area (TPSA) is 90.8 Å². The molecule has 0 heterocycles. The standard InChI is InChI=1S/C17H13N3O3/c21-16-10-12-4-2-1-3-11(12)9-15(16)17(22)19-18-13-5-7-14(20-23)8-6-13/h1-10,18,21H,(H,19,22). The lowest BCUT2D eigenvalue weighted by Crippen LogP contribution is -2.29. The van der Waals surface area contributed by atoms with Crippen LogP contribution in [-0.4, -0.2) is 11.0 Å². The van der Waals surface area contributed by atoms with Gasteiger partial charge in [0.05, 0.1) is 11.3 Å². The number of phenolic OH excluding ortho intramolecular Hbond substituents is 1. The summed E-state index contributed by atoms with van der Waals surface area (Å²) in [5, 5.41) is 14.5. The molecule has 6 heteroatoms. The van der Waals surface area contributed by atoms with Gasteiger partial charge >= 0.3 is 0 Å². The van der Waals surface area contributed by atoms with Gasteiger partial charge < -0.3 is 5.11 Å². The van der Waals surface area contributed by atoms with Crippen LogP contribution in [0.3, 0.4) is 0 Å². The van der Waals surface area contributed by atoms with Gasteiger partial charge in [0.2, 0.25) is 0 Å². The fourth-order valence-corrected chi connectivity index (χ4v) is 2.21. The highest BCUT2D eigenvalue weighted by atomic mass is 16.3. The zero-order valence-corrected chi connectivity index (χ0v) is 12.0. The third-order valence-electron chi connectivity index (χ3n) is 3.40. The van der Waals surface area contributed by atoms with E-state index in [-0.39, 0.29) is 11.3 Å². The van der Waals surface area contributed by atoms with Crippen LogP contribution >= 0.6 is 0 Å². The number of anilines is 1. The number of nitrogens with one attached hydrogen (secondary N) is 2. The number of fused-ring (bicyclic) bond motifs is 1. The molecule has 1 amide bonds. The first-order valence-electron chi connectivity index (χ1n) is 6.89. The highest BCUT2D eigenvalue weighted by Crippen LogP contribution is 2.25. The summed E-state index contributed by atoms with van der Waals surface area (Å²) in [6.45, 7) is 0. The molecule has 6 nitrogen and oxygen atoms in total. The molecule has 0 spiro atoms. The summed E-state index contributed by atoms with van der Waals surface area (Å²) in [4.78, 5) is 22.5. The van der Waals surface area contributed by atoms with E-state index >= 15 is 0 Å². The van der Waals surface area contributed by atoms with Crippen molar-refractivity contribution < 1.29 is 9.90 Å². The van der Waals surface area contributed by atoms with Crippen molar-refractivity contribution in [3.63, 3.8) is 0 Å². The second-order valence-electron chi connectivity index (χ2n) is 4.93. The van der Waals surface area contributed by atoms with Gasteiger partial charge in [-0.25, -0.2) is 0 Å². The highest BCUT2D eigenvalue weighted by molar-refractivity contribution is 6.01. The summed E-state index contributed by atoms with van der Waals surface area (Å²) in [7, 11) is 0. The molecule has 0 saturated carbocycles. The van der Waals surface area contributed by atoms with Crippen LogP contribution in [0.4, 0.5) is 11.4 Å². The smallest absolute Gasteiger partial charge is 0.273 e. The molecule has 23 heavy (non-hydrogen) atoms. The molecule has 0 aromatic heterocycles. The van der Waals surface area contributed by atoms with E-state index in [0.717, 1.165) is 10.8 Å². The maximum Gasteiger partial charge on any atom is 0.273 e. The van der Waals surface area contributed by atoms with E-state index in [1.165, 1.54) is 12.1 Å². The molecule has 3 N–H and O–H groups in total. The molecule has 3 aromatic carbocycles. The first-order chi connectivity index (χ1) is 11.2. The Kier molecular flexibility index (Phi) is 3.88. The minimum atomic E-state index is -0.467.